The van der Waals surface area contributed by atoms with E-state index in [1.54, 1.807) is 24.0 Å². The number of carbonyl (C=O) groups is 1. The number of nitrogens with zero attached hydrogens (tertiary/aromatic N) is 2. The molecule has 1 aromatic heterocycles. The quantitative estimate of drug-likeness (QED) is 0.423. The Bertz CT molecular complexity index is 352. The van der Waals surface area contributed by atoms with Gasteiger partial charge in [-0.2, -0.15) is 19.1 Å². The second kappa shape index (κ2) is 7.23. The van der Waals surface area contributed by atoms with Gasteiger partial charge >= 0.3 is 5.97 Å². The molecular formula is C11H19N2O3Si-. The normalized spacial score (nSPS) is 10.8. The van der Waals surface area contributed by atoms with Gasteiger partial charge in [-0.25, -0.2) is 9.78 Å². The summed E-state index contributed by atoms with van der Waals surface area (Å²) in [5, 5.41) is 0. The highest BCUT2D eigenvalue weighted by atomic mass is 28.3. The number of carbonyl (C=O) groups excluding carboxylic acids is 1. The predicted molar refractivity (Wildman–Crippen MR) is 66.4 cm³/mol. The first-order valence-corrected chi connectivity index (χ1v) is 8.40. The molecular weight excluding hydrogens is 236 g/mol. The Morgan fingerprint density at radius 3 is 2.94 bits per heavy atom. The molecule has 0 amide bonds. The van der Waals surface area contributed by atoms with Crippen molar-refractivity contribution in [3.05, 3.63) is 18.2 Å². The van der Waals surface area contributed by atoms with E-state index in [-0.39, 0.29) is 14.8 Å². The summed E-state index contributed by atoms with van der Waals surface area (Å²) < 4.78 is 12.1. The number of hydrogen-bond acceptors (Lipinski definition) is 4. The second-order valence-electron chi connectivity index (χ2n) is 3.99. The number of ether oxygens (including phenoxy) is 2. The molecule has 0 unspecified atom stereocenters. The van der Waals surface area contributed by atoms with Gasteiger partial charge in [-0.05, 0) is 6.92 Å². The molecule has 0 saturated carbocycles. The average molecular weight is 255 g/mol. The molecule has 0 bridgehead atoms. The van der Waals surface area contributed by atoms with Gasteiger partial charge in [0, 0.05) is 12.8 Å². The number of imidazole rings is 1. The predicted octanol–water partition coefficient (Wildman–Crippen LogP) is 1.79. The summed E-state index contributed by atoms with van der Waals surface area (Å²) in [6.07, 6.45) is 3.22. The first-order valence-electron chi connectivity index (χ1n) is 5.69. The van der Waals surface area contributed by atoms with Crippen LogP contribution in [0.1, 0.15) is 17.4 Å². The van der Waals surface area contributed by atoms with E-state index in [2.05, 4.69) is 18.1 Å². The van der Waals surface area contributed by atoms with Crippen molar-refractivity contribution in [1.82, 2.24) is 9.55 Å². The number of aromatic nitrogens is 2. The van der Waals surface area contributed by atoms with Crippen molar-refractivity contribution in [2.45, 2.75) is 32.8 Å². The molecule has 1 aromatic rings. The van der Waals surface area contributed by atoms with Crippen LogP contribution in [0.3, 0.4) is 0 Å². The molecule has 0 aliphatic heterocycles. The van der Waals surface area contributed by atoms with Gasteiger partial charge in [-0.15, -0.1) is 0 Å². The van der Waals surface area contributed by atoms with Gasteiger partial charge in [0.1, 0.15) is 6.73 Å². The van der Waals surface area contributed by atoms with Crippen molar-refractivity contribution in [2.75, 3.05) is 13.2 Å². The van der Waals surface area contributed by atoms with Crippen LogP contribution in [0.2, 0.25) is 19.1 Å². The minimum absolute atomic E-state index is 0.228. The fourth-order valence-electron chi connectivity index (χ4n) is 1.19. The van der Waals surface area contributed by atoms with Crippen LogP contribution in [0.25, 0.3) is 0 Å². The van der Waals surface area contributed by atoms with Crippen molar-refractivity contribution in [1.29, 1.82) is 0 Å². The SMILES string of the molecule is CCOC(=O)c1cn(COCC[Si-](C)C)cn1. The van der Waals surface area contributed by atoms with Gasteiger partial charge in [0.05, 0.1) is 12.9 Å². The van der Waals surface area contributed by atoms with Crippen LogP contribution in [-0.2, 0) is 16.2 Å². The van der Waals surface area contributed by atoms with Gasteiger partial charge in [0.25, 0.3) is 0 Å². The zero-order valence-electron chi connectivity index (χ0n) is 10.6. The maximum absolute atomic E-state index is 11.3. The molecule has 0 fully saturated rings. The minimum atomic E-state index is -0.390. The summed E-state index contributed by atoms with van der Waals surface area (Å²) in [6, 6.07) is 1.13. The lowest BCUT2D eigenvalue weighted by Crippen LogP contribution is -2.08. The number of esters is 1. The van der Waals surface area contributed by atoms with Crippen molar-refractivity contribution >= 4 is 14.8 Å². The first kappa shape index (κ1) is 13.9. The maximum atomic E-state index is 11.3. The summed E-state index contributed by atoms with van der Waals surface area (Å²) in [5.41, 5.74) is 0.325. The fraction of sp³-hybridized carbons (Fsp3) is 0.636. The average Bonchev–Trinajstić information content (AvgIpc) is 2.73. The van der Waals surface area contributed by atoms with E-state index in [0.717, 1.165) is 12.7 Å². The van der Waals surface area contributed by atoms with E-state index in [4.69, 9.17) is 9.47 Å². The third kappa shape index (κ3) is 5.14. The van der Waals surface area contributed by atoms with E-state index in [1.807, 2.05) is 0 Å². The summed E-state index contributed by atoms with van der Waals surface area (Å²) >= 11 is 0. The van der Waals surface area contributed by atoms with Crippen LogP contribution in [-0.4, -0.2) is 37.5 Å². The van der Waals surface area contributed by atoms with E-state index >= 15 is 0 Å². The lowest BCUT2D eigenvalue weighted by atomic mass is 10.5. The van der Waals surface area contributed by atoms with Gasteiger partial charge in [0.2, 0.25) is 0 Å². The summed E-state index contributed by atoms with van der Waals surface area (Å²) in [7, 11) is -0.228. The van der Waals surface area contributed by atoms with E-state index < -0.39 is 0 Å². The van der Waals surface area contributed by atoms with Crippen LogP contribution in [0, 0.1) is 0 Å². The standard InChI is InChI=1S/C11H19N2O3Si/c1-4-16-11(14)10-7-13(8-12-10)9-15-5-6-17(2)3/h7-8H,4-6,9H2,1-3H3/q-1. The Morgan fingerprint density at radius 1 is 1.53 bits per heavy atom. The molecule has 1 heterocycles. The molecule has 0 N–H and O–H groups in total. The van der Waals surface area contributed by atoms with Crippen LogP contribution in [0.15, 0.2) is 12.5 Å². The van der Waals surface area contributed by atoms with Crippen molar-refractivity contribution in [2.24, 2.45) is 0 Å². The topological polar surface area (TPSA) is 53.4 Å². The Hall–Kier alpha value is -1.14. The Kier molecular flexibility index (Phi) is 5.92. The molecule has 0 aliphatic carbocycles. The lowest BCUT2D eigenvalue weighted by molar-refractivity contribution is 0.0519. The Balaban J connectivity index is 2.33. The Morgan fingerprint density at radius 2 is 2.29 bits per heavy atom. The van der Waals surface area contributed by atoms with Gasteiger partial charge < -0.3 is 14.0 Å². The molecule has 0 radical (unpaired) electrons. The molecule has 1 rings (SSSR count). The maximum Gasteiger partial charge on any atom is 0.358 e. The highest BCUT2D eigenvalue weighted by molar-refractivity contribution is 6.55. The van der Waals surface area contributed by atoms with E-state index in [1.165, 1.54) is 0 Å². The Labute approximate surface area is 103 Å². The molecule has 96 valence electrons. The molecule has 0 saturated heterocycles. The largest absolute Gasteiger partial charge is 0.461 e. The first-order chi connectivity index (χ1) is 8.13. The second-order valence-corrected chi connectivity index (χ2v) is 6.90. The van der Waals surface area contributed by atoms with Gasteiger partial charge in [-0.3, -0.25) is 8.80 Å². The van der Waals surface area contributed by atoms with Gasteiger partial charge in [-0.1, -0.05) is 0 Å². The fourth-order valence-corrected chi connectivity index (χ4v) is 1.74. The van der Waals surface area contributed by atoms with Crippen molar-refractivity contribution in [3.8, 4) is 0 Å². The van der Waals surface area contributed by atoms with Crippen molar-refractivity contribution in [3.63, 3.8) is 0 Å². The van der Waals surface area contributed by atoms with Crippen molar-refractivity contribution < 1.29 is 14.3 Å². The molecule has 0 atom stereocenters. The summed E-state index contributed by atoms with van der Waals surface area (Å²) in [6.45, 7) is 7.83. The lowest BCUT2D eigenvalue weighted by Gasteiger charge is -2.14. The highest BCUT2D eigenvalue weighted by Crippen LogP contribution is 2.00. The third-order valence-electron chi connectivity index (χ3n) is 2.10. The van der Waals surface area contributed by atoms with E-state index in [0.29, 0.717) is 19.0 Å². The number of rotatable bonds is 7. The summed E-state index contributed by atoms with van der Waals surface area (Å²) in [4.78, 5) is 15.3. The zero-order chi connectivity index (χ0) is 12.7. The molecule has 6 heteroatoms. The third-order valence-corrected chi connectivity index (χ3v) is 3.31. The van der Waals surface area contributed by atoms with Crippen LogP contribution < -0.4 is 0 Å². The van der Waals surface area contributed by atoms with Gasteiger partial charge in [0.15, 0.2) is 5.69 Å². The molecule has 5 nitrogen and oxygen atoms in total. The monoisotopic (exact) mass is 255 g/mol. The number of hydrogen-bond donors (Lipinski definition) is 0. The van der Waals surface area contributed by atoms with Crippen LogP contribution >= 0.6 is 0 Å². The van der Waals surface area contributed by atoms with Crippen LogP contribution in [0.4, 0.5) is 0 Å². The molecule has 0 aliphatic rings. The summed E-state index contributed by atoms with van der Waals surface area (Å²) in [5.74, 6) is -0.390. The highest BCUT2D eigenvalue weighted by Gasteiger charge is 2.09. The molecule has 0 spiro atoms. The van der Waals surface area contributed by atoms with E-state index in [9.17, 15) is 4.79 Å². The smallest absolute Gasteiger partial charge is 0.358 e. The van der Waals surface area contributed by atoms with Crippen LogP contribution in [0.5, 0.6) is 0 Å². The zero-order valence-corrected chi connectivity index (χ0v) is 11.6. The molecule has 17 heavy (non-hydrogen) atoms. The minimum Gasteiger partial charge on any atom is -0.461 e. The molecule has 0 aromatic carbocycles.